The number of alkyl halides is 3. The number of carbonyl (C=O) groups excluding carboxylic acids is 1. The third-order valence-corrected chi connectivity index (χ3v) is 9.42. The van der Waals surface area contributed by atoms with Crippen molar-refractivity contribution in [1.82, 2.24) is 4.98 Å². The number of ketones is 1. The summed E-state index contributed by atoms with van der Waals surface area (Å²) >= 11 is 0. The first-order chi connectivity index (χ1) is 20.2. The third kappa shape index (κ3) is 6.78. The van der Waals surface area contributed by atoms with Gasteiger partial charge in [0, 0.05) is 38.1 Å². The van der Waals surface area contributed by atoms with E-state index < -0.39 is 19.8 Å². The first-order valence-corrected chi connectivity index (χ1v) is 17.4. The number of pyridine rings is 1. The molecule has 1 N–H and O–H groups in total. The Hall–Kier alpha value is -3.84. The molecule has 227 valence electrons. The fraction of sp³-hybridized carbons (Fsp3) is 0.167. The molecule has 1 radical (unpaired) electrons. The molecule has 1 heterocycles. The van der Waals surface area contributed by atoms with E-state index in [-0.39, 0.29) is 37.0 Å². The Morgan fingerprint density at radius 2 is 1.43 bits per heavy atom. The van der Waals surface area contributed by atoms with E-state index in [4.69, 9.17) is 5.11 Å². The van der Waals surface area contributed by atoms with Gasteiger partial charge in [0.15, 0.2) is 5.78 Å². The maximum absolute atomic E-state index is 14.0. The summed E-state index contributed by atoms with van der Waals surface area (Å²) in [5, 5.41) is 16.7. The summed E-state index contributed by atoms with van der Waals surface area (Å²) in [6, 6.07) is 27.8. The van der Waals surface area contributed by atoms with Crippen LogP contribution in [0.3, 0.4) is 0 Å². The number of benzene rings is 5. The minimum Gasteiger partial charge on any atom is -0.512 e. The first kappa shape index (κ1) is 33.1. The molecule has 8 heteroatoms. The molecule has 1 aromatic heterocycles. The number of allylic oxidation sites excluding steroid dienone is 2. The molecule has 0 fully saturated rings. The molecule has 0 aliphatic carbocycles. The number of hydrogen-bond donors (Lipinski definition) is 1. The van der Waals surface area contributed by atoms with Gasteiger partial charge in [0.1, 0.15) is 0 Å². The quantitative estimate of drug-likeness (QED) is 0.0640. The molecular formula is C36H31F3IrNO2Si-. The predicted molar refractivity (Wildman–Crippen MR) is 174 cm³/mol. The van der Waals surface area contributed by atoms with Crippen molar-refractivity contribution in [1.29, 1.82) is 0 Å². The molecule has 6 rings (SSSR count). The van der Waals surface area contributed by atoms with Crippen molar-refractivity contribution in [2.45, 2.75) is 39.7 Å². The van der Waals surface area contributed by atoms with Crippen LogP contribution in [0.4, 0.5) is 13.2 Å². The number of aromatic nitrogens is 1. The van der Waals surface area contributed by atoms with Crippen molar-refractivity contribution in [3.05, 3.63) is 109 Å². The van der Waals surface area contributed by atoms with Crippen LogP contribution in [-0.4, -0.2) is 23.9 Å². The van der Waals surface area contributed by atoms with E-state index in [2.05, 4.69) is 67.1 Å². The summed E-state index contributed by atoms with van der Waals surface area (Å²) in [4.78, 5) is 14.5. The Labute approximate surface area is 268 Å². The maximum Gasteiger partial charge on any atom is 0.403 e. The Bertz CT molecular complexity index is 2060. The Morgan fingerprint density at radius 3 is 2.07 bits per heavy atom. The van der Waals surface area contributed by atoms with Gasteiger partial charge in [0.2, 0.25) is 0 Å². The van der Waals surface area contributed by atoms with Crippen LogP contribution < -0.4 is 5.19 Å². The van der Waals surface area contributed by atoms with Crippen molar-refractivity contribution < 1.29 is 43.2 Å². The number of rotatable bonds is 3. The van der Waals surface area contributed by atoms with Gasteiger partial charge in [-0.15, -0.1) is 23.6 Å². The summed E-state index contributed by atoms with van der Waals surface area (Å²) in [7, 11) is -1.44. The smallest absolute Gasteiger partial charge is 0.403 e. The van der Waals surface area contributed by atoms with E-state index >= 15 is 0 Å². The van der Waals surface area contributed by atoms with Crippen LogP contribution in [0.25, 0.3) is 54.3 Å². The SMILES string of the molecule is CC(=O)/C=C(/C)O.C[Si](C)(C)c1ccc2c(ccc3c4ccnc(-c5[c-]c6ccccc6c(C(F)(F)F)c5)c4ccc23)c1.[Ir]. The van der Waals surface area contributed by atoms with Crippen LogP contribution >= 0.6 is 0 Å². The number of aliphatic hydroxyl groups excluding tert-OH is 1. The molecule has 0 unspecified atom stereocenters. The van der Waals surface area contributed by atoms with E-state index in [1.54, 1.807) is 24.4 Å². The Kier molecular flexibility index (Phi) is 9.50. The van der Waals surface area contributed by atoms with E-state index in [9.17, 15) is 18.0 Å². The minimum absolute atomic E-state index is 0. The normalized spacial score (nSPS) is 12.2. The van der Waals surface area contributed by atoms with Gasteiger partial charge in [-0.05, 0) is 57.8 Å². The predicted octanol–water partition coefficient (Wildman–Crippen LogP) is 9.76. The van der Waals surface area contributed by atoms with Gasteiger partial charge < -0.3 is 5.11 Å². The second kappa shape index (κ2) is 12.6. The molecule has 0 spiro atoms. The van der Waals surface area contributed by atoms with Crippen molar-refractivity contribution in [3.8, 4) is 11.3 Å². The van der Waals surface area contributed by atoms with Crippen molar-refractivity contribution in [2.24, 2.45) is 0 Å². The summed E-state index contributed by atoms with van der Waals surface area (Å²) in [6.07, 6.45) is -1.64. The fourth-order valence-corrected chi connectivity index (χ4v) is 6.55. The standard InChI is InChI=1S/C31H23F3NSi.C5H8O2.Ir/c1-36(2,3)22-9-11-23-20(17-22)8-10-26-25(23)12-13-28-27(26)14-15-35-30(28)21-16-19-6-4-5-7-24(19)29(18-21)31(32,33)34;1-4(6)3-5(2)7;/h4-15,17-18H,1-3H3;3,6H,1-2H3;/q-1;;/b;4-3-;. The van der Waals surface area contributed by atoms with E-state index in [1.165, 1.54) is 48.0 Å². The third-order valence-electron chi connectivity index (χ3n) is 7.37. The number of carbonyl (C=O) groups is 1. The van der Waals surface area contributed by atoms with Crippen LogP contribution in [0.15, 0.2) is 96.9 Å². The molecule has 0 aliphatic heterocycles. The van der Waals surface area contributed by atoms with Crippen LogP contribution in [0.1, 0.15) is 19.4 Å². The number of fused-ring (bicyclic) bond motifs is 6. The van der Waals surface area contributed by atoms with Crippen LogP contribution in [0.5, 0.6) is 0 Å². The van der Waals surface area contributed by atoms with Gasteiger partial charge in [0.25, 0.3) is 0 Å². The number of hydrogen-bond acceptors (Lipinski definition) is 3. The summed E-state index contributed by atoms with van der Waals surface area (Å²) in [5.41, 5.74) is 0.169. The van der Waals surface area contributed by atoms with Gasteiger partial charge in [0.05, 0.1) is 13.8 Å². The molecule has 3 nitrogen and oxygen atoms in total. The zero-order chi connectivity index (χ0) is 31.1. The zero-order valence-corrected chi connectivity index (χ0v) is 28.3. The van der Waals surface area contributed by atoms with Gasteiger partial charge in [-0.2, -0.15) is 13.2 Å². The second-order valence-corrected chi connectivity index (χ2v) is 16.8. The van der Waals surface area contributed by atoms with Crippen LogP contribution in [-0.2, 0) is 31.1 Å². The maximum atomic E-state index is 14.0. The fourth-order valence-electron chi connectivity index (χ4n) is 5.38. The molecule has 44 heavy (non-hydrogen) atoms. The van der Waals surface area contributed by atoms with Gasteiger partial charge >= 0.3 is 6.18 Å². The Balaban J connectivity index is 0.000000497. The summed E-state index contributed by atoms with van der Waals surface area (Å²) < 4.78 is 41.9. The summed E-state index contributed by atoms with van der Waals surface area (Å²) in [5.74, 6) is -0.0625. The van der Waals surface area contributed by atoms with Crippen LogP contribution in [0.2, 0.25) is 19.6 Å². The monoisotopic (exact) mass is 787 g/mol. The largest absolute Gasteiger partial charge is 0.512 e. The van der Waals surface area contributed by atoms with E-state index in [0.29, 0.717) is 16.6 Å². The van der Waals surface area contributed by atoms with Crippen LogP contribution in [0, 0.1) is 6.07 Å². The molecule has 0 atom stereocenters. The molecule has 5 aromatic carbocycles. The minimum atomic E-state index is -4.48. The summed E-state index contributed by atoms with van der Waals surface area (Å²) in [6.45, 7) is 9.86. The van der Waals surface area contributed by atoms with Crippen molar-refractivity contribution in [2.75, 3.05) is 0 Å². The topological polar surface area (TPSA) is 50.2 Å². The van der Waals surface area contributed by atoms with E-state index in [1.807, 2.05) is 12.1 Å². The average molecular weight is 787 g/mol. The molecule has 0 aliphatic rings. The molecule has 0 amide bonds. The first-order valence-electron chi connectivity index (χ1n) is 13.9. The Morgan fingerprint density at radius 1 is 0.818 bits per heavy atom. The molecular weight excluding hydrogens is 756 g/mol. The molecule has 0 saturated carbocycles. The van der Waals surface area contributed by atoms with Gasteiger partial charge in [-0.1, -0.05) is 96.4 Å². The molecule has 0 bridgehead atoms. The molecule has 6 aromatic rings. The van der Waals surface area contributed by atoms with Gasteiger partial charge in [-0.3, -0.25) is 9.78 Å². The average Bonchev–Trinajstić information content (AvgIpc) is 2.94. The number of nitrogens with zero attached hydrogens (tertiary/aromatic N) is 1. The van der Waals surface area contributed by atoms with Crippen molar-refractivity contribution in [3.63, 3.8) is 0 Å². The number of halogens is 3. The molecule has 0 saturated heterocycles. The zero-order valence-electron chi connectivity index (χ0n) is 24.9. The van der Waals surface area contributed by atoms with Crippen molar-refractivity contribution >= 4 is 62.1 Å². The van der Waals surface area contributed by atoms with E-state index in [0.717, 1.165) is 21.5 Å². The van der Waals surface area contributed by atoms with Gasteiger partial charge in [-0.25, -0.2) is 0 Å². The second-order valence-electron chi connectivity index (χ2n) is 11.7. The number of aliphatic hydroxyl groups is 1.